The number of methoxy groups -OCH3 is 2. The molecule has 0 spiro atoms. The zero-order valence-corrected chi connectivity index (χ0v) is 30.4. The second kappa shape index (κ2) is 16.3. The zero-order chi connectivity index (χ0) is 35.9. The molecule has 4 rings (SSSR count). The molecule has 0 saturated carbocycles. The first-order chi connectivity index (χ1) is 23.2. The number of pyridine rings is 1. The number of aromatic nitrogens is 1. The average molecular weight is 693 g/mol. The van der Waals surface area contributed by atoms with Crippen molar-refractivity contribution >= 4 is 46.1 Å². The third kappa shape index (κ3) is 9.59. The first-order valence-electron chi connectivity index (χ1n) is 16.6. The average Bonchev–Trinajstić information content (AvgIpc) is 3.49. The molecule has 2 heterocycles. The van der Waals surface area contributed by atoms with Gasteiger partial charge in [0.05, 0.1) is 43.0 Å². The van der Waals surface area contributed by atoms with Gasteiger partial charge in [0.1, 0.15) is 35.3 Å². The van der Waals surface area contributed by atoms with Crippen molar-refractivity contribution in [1.29, 1.82) is 0 Å². The lowest BCUT2D eigenvalue weighted by Crippen LogP contribution is -2.56. The van der Waals surface area contributed by atoms with Crippen molar-refractivity contribution in [3.05, 3.63) is 54.6 Å². The number of benzene rings is 2. The van der Waals surface area contributed by atoms with E-state index in [1.54, 1.807) is 32.8 Å². The van der Waals surface area contributed by atoms with E-state index in [0.29, 0.717) is 41.3 Å². The van der Waals surface area contributed by atoms with E-state index < -0.39 is 41.9 Å². The number of nitrogens with zero attached hydrogens (tertiary/aromatic N) is 2. The van der Waals surface area contributed by atoms with Crippen LogP contribution in [-0.2, 0) is 19.1 Å². The van der Waals surface area contributed by atoms with E-state index in [9.17, 15) is 14.4 Å². The highest BCUT2D eigenvalue weighted by atomic mass is 32.1. The molecule has 264 valence electrons. The number of hydrogen-bond donors (Lipinski definition) is 2. The summed E-state index contributed by atoms with van der Waals surface area (Å²) in [6.45, 7) is 11.1. The Morgan fingerprint density at radius 2 is 1.76 bits per heavy atom. The maximum atomic E-state index is 14.3. The first-order valence-corrected chi connectivity index (χ1v) is 17.0. The first kappa shape index (κ1) is 37.4. The van der Waals surface area contributed by atoms with Crippen LogP contribution >= 0.6 is 12.2 Å². The van der Waals surface area contributed by atoms with Crippen molar-refractivity contribution < 1.29 is 33.3 Å². The van der Waals surface area contributed by atoms with Crippen LogP contribution in [0.4, 0.5) is 4.79 Å². The number of ether oxygens (including phenoxy) is 4. The summed E-state index contributed by atoms with van der Waals surface area (Å²) in [5, 5.41) is 6.72. The van der Waals surface area contributed by atoms with Gasteiger partial charge in [0, 0.05) is 29.5 Å². The van der Waals surface area contributed by atoms with Crippen LogP contribution in [0.25, 0.3) is 22.2 Å². The number of esters is 1. The van der Waals surface area contributed by atoms with Crippen molar-refractivity contribution in [2.75, 3.05) is 20.8 Å². The van der Waals surface area contributed by atoms with Gasteiger partial charge in [-0.1, -0.05) is 69.7 Å². The van der Waals surface area contributed by atoms with Crippen molar-refractivity contribution in [2.45, 2.75) is 90.6 Å². The van der Waals surface area contributed by atoms with Crippen LogP contribution in [0.3, 0.4) is 0 Å². The number of carbonyl (C=O) groups is 3. The van der Waals surface area contributed by atoms with E-state index in [4.69, 9.17) is 36.1 Å². The van der Waals surface area contributed by atoms with Crippen molar-refractivity contribution in [3.63, 3.8) is 0 Å². The molecule has 1 aliphatic rings. The molecule has 1 aliphatic heterocycles. The number of amides is 2. The smallest absolute Gasteiger partial charge is 0.408 e. The van der Waals surface area contributed by atoms with E-state index in [-0.39, 0.29) is 18.4 Å². The van der Waals surface area contributed by atoms with E-state index in [0.717, 1.165) is 16.6 Å². The summed E-state index contributed by atoms with van der Waals surface area (Å²) in [4.78, 5) is 46.6. The maximum absolute atomic E-state index is 14.3. The summed E-state index contributed by atoms with van der Waals surface area (Å²) in [6.07, 6.45) is 0.381. The van der Waals surface area contributed by atoms with Crippen molar-refractivity contribution in [3.8, 4) is 22.8 Å². The van der Waals surface area contributed by atoms with Gasteiger partial charge in [-0.05, 0) is 45.2 Å². The fraction of sp³-hybridized carbons (Fsp3) is 0.486. The molecule has 1 aromatic heterocycles. The molecule has 0 radical (unpaired) electrons. The number of nitrogens with one attached hydrogen (secondary N) is 2. The number of alkyl carbamates (subject to hydrolysis) is 1. The fourth-order valence-electron chi connectivity index (χ4n) is 5.79. The van der Waals surface area contributed by atoms with Gasteiger partial charge in [-0.2, -0.15) is 0 Å². The molecule has 12 heteroatoms. The highest BCUT2D eigenvalue weighted by Crippen LogP contribution is 2.35. The third-order valence-corrected chi connectivity index (χ3v) is 8.57. The summed E-state index contributed by atoms with van der Waals surface area (Å²) in [5.41, 5.74) is 1.59. The summed E-state index contributed by atoms with van der Waals surface area (Å²) >= 11 is 5.88. The fourth-order valence-corrected chi connectivity index (χ4v) is 6.15. The largest absolute Gasteiger partial charge is 0.497 e. The van der Waals surface area contributed by atoms with Gasteiger partial charge < -0.3 is 34.5 Å². The molecule has 3 aromatic rings. The Morgan fingerprint density at radius 1 is 1.04 bits per heavy atom. The quantitative estimate of drug-likeness (QED) is 0.171. The van der Waals surface area contributed by atoms with Crippen LogP contribution in [0.1, 0.15) is 60.8 Å². The lowest BCUT2D eigenvalue weighted by atomic mass is 10.0. The number of thiocarbonyl (C=S) groups is 1. The van der Waals surface area contributed by atoms with Crippen LogP contribution in [-0.4, -0.2) is 83.4 Å². The molecule has 1 saturated heterocycles. The standard InChI is InChI=1S/C37H48N4O7S/c1-9-13-27(35(43)46-8)39-33(49)30-19-25(21-41(30)34(42)32(22(2)3)40-36(44)48-37(4,5)6)47-31-20-28(23-14-11-10-12-15-23)38-29-18-24(45-7)16-17-26(29)31/h10-12,14-18,20,22,25,27,30,32H,9,13,19,21H2,1-8H3,(H,39,49)(H,40,44)/t25-,27+,30+,32?/m1/s1. The minimum absolute atomic E-state index is 0.182. The van der Waals surface area contributed by atoms with Gasteiger partial charge in [0.2, 0.25) is 5.91 Å². The Labute approximate surface area is 294 Å². The summed E-state index contributed by atoms with van der Waals surface area (Å²) in [6, 6.07) is 15.1. The Balaban J connectivity index is 1.70. The number of carbonyl (C=O) groups excluding carboxylic acids is 3. The normalized spacial score (nSPS) is 17.3. The van der Waals surface area contributed by atoms with Crippen LogP contribution in [0.15, 0.2) is 54.6 Å². The minimum atomic E-state index is -0.898. The number of fused-ring (bicyclic) bond motifs is 1. The van der Waals surface area contributed by atoms with E-state index in [1.165, 1.54) is 7.11 Å². The maximum Gasteiger partial charge on any atom is 0.408 e. The summed E-state index contributed by atoms with van der Waals surface area (Å²) < 4.78 is 22.7. The Morgan fingerprint density at radius 3 is 2.37 bits per heavy atom. The zero-order valence-electron chi connectivity index (χ0n) is 29.6. The number of likely N-dealkylation sites (tertiary alicyclic amines) is 1. The Hall–Kier alpha value is -4.45. The lowest BCUT2D eigenvalue weighted by molar-refractivity contribution is -0.142. The molecule has 1 fully saturated rings. The molecule has 0 bridgehead atoms. The highest BCUT2D eigenvalue weighted by Gasteiger charge is 2.43. The third-order valence-electron chi connectivity index (χ3n) is 8.18. The molecule has 4 atom stereocenters. The second-order valence-corrected chi connectivity index (χ2v) is 13.9. The van der Waals surface area contributed by atoms with E-state index >= 15 is 0 Å². The number of hydrogen-bond acceptors (Lipinski definition) is 9. The van der Waals surface area contributed by atoms with E-state index in [2.05, 4.69) is 10.6 Å². The van der Waals surface area contributed by atoms with Crippen LogP contribution in [0, 0.1) is 5.92 Å². The molecule has 2 amide bonds. The van der Waals surface area contributed by atoms with Gasteiger partial charge in [0.25, 0.3) is 0 Å². The number of rotatable bonds is 12. The van der Waals surface area contributed by atoms with Crippen LogP contribution < -0.4 is 20.1 Å². The van der Waals surface area contributed by atoms with Crippen LogP contribution in [0.5, 0.6) is 11.5 Å². The second-order valence-electron chi connectivity index (χ2n) is 13.5. The van der Waals surface area contributed by atoms with Gasteiger partial charge in [-0.25, -0.2) is 14.6 Å². The van der Waals surface area contributed by atoms with Gasteiger partial charge >= 0.3 is 12.1 Å². The van der Waals surface area contributed by atoms with Crippen molar-refractivity contribution in [2.24, 2.45) is 5.92 Å². The SMILES string of the molecule is CCC[C@H](NC(=S)[C@@H]1C[C@@H](Oc2cc(-c3ccccc3)nc3cc(OC)ccc23)CN1C(=O)C(NC(=O)OC(C)(C)C)C(C)C)C(=O)OC. The Bertz CT molecular complexity index is 1640. The van der Waals surface area contributed by atoms with Gasteiger partial charge in [-0.3, -0.25) is 4.79 Å². The molecular weight excluding hydrogens is 644 g/mol. The minimum Gasteiger partial charge on any atom is -0.497 e. The Kier molecular flexibility index (Phi) is 12.4. The monoisotopic (exact) mass is 692 g/mol. The molecule has 2 aromatic carbocycles. The topological polar surface area (TPSA) is 128 Å². The predicted octanol–water partition coefficient (Wildman–Crippen LogP) is 6.07. The van der Waals surface area contributed by atoms with Crippen molar-refractivity contribution in [1.82, 2.24) is 20.5 Å². The van der Waals surface area contributed by atoms with Gasteiger partial charge in [0.15, 0.2) is 0 Å². The van der Waals surface area contributed by atoms with Crippen LogP contribution in [0.2, 0.25) is 0 Å². The van der Waals surface area contributed by atoms with Gasteiger partial charge in [-0.15, -0.1) is 0 Å². The molecule has 0 aliphatic carbocycles. The lowest BCUT2D eigenvalue weighted by Gasteiger charge is -2.32. The molecule has 49 heavy (non-hydrogen) atoms. The highest BCUT2D eigenvalue weighted by molar-refractivity contribution is 7.80. The summed E-state index contributed by atoms with van der Waals surface area (Å²) in [5.74, 6) is 0.216. The van der Waals surface area contributed by atoms with E-state index in [1.807, 2.05) is 75.4 Å². The molecule has 2 N–H and O–H groups in total. The molecule has 1 unspecified atom stereocenters. The summed E-state index contributed by atoms with van der Waals surface area (Å²) in [7, 11) is 2.94. The molecular formula is C37H48N4O7S. The predicted molar refractivity (Wildman–Crippen MR) is 193 cm³/mol. The molecule has 11 nitrogen and oxygen atoms in total.